The largest absolute Gasteiger partial charge is 0.370 e. The number of allylic oxidation sites excluding steroid dienone is 1. The zero-order chi connectivity index (χ0) is 12.4. The fourth-order valence-corrected chi connectivity index (χ4v) is 2.35. The summed E-state index contributed by atoms with van der Waals surface area (Å²) in [6.07, 6.45) is 7.65. The van der Waals surface area contributed by atoms with Gasteiger partial charge in [0.15, 0.2) is 5.67 Å². The molecule has 0 fully saturated rings. The Morgan fingerprint density at radius 3 is 3.17 bits per heavy atom. The standard InChI is InChI=1S/C14H16FN3/c15-14(7-9-16-10-14)6-5-12-4-3-11-2-1-8-17-13(11)18-12/h3-4,7,9-10H,1-2,5-6,8H2,(H,17,18)/t14-/m0/s1. The Labute approximate surface area is 106 Å². The third kappa shape index (κ3) is 2.28. The molecule has 18 heavy (non-hydrogen) atoms. The number of anilines is 1. The van der Waals surface area contributed by atoms with Crippen LogP contribution in [0.5, 0.6) is 0 Å². The molecule has 0 unspecified atom stereocenters. The van der Waals surface area contributed by atoms with E-state index in [1.807, 2.05) is 6.07 Å². The maximum absolute atomic E-state index is 14.1. The molecule has 1 aromatic rings. The quantitative estimate of drug-likeness (QED) is 0.889. The lowest BCUT2D eigenvalue weighted by atomic mass is 10.00. The summed E-state index contributed by atoms with van der Waals surface area (Å²) >= 11 is 0. The Morgan fingerprint density at radius 1 is 1.39 bits per heavy atom. The van der Waals surface area contributed by atoms with Crippen molar-refractivity contribution in [3.8, 4) is 0 Å². The van der Waals surface area contributed by atoms with Crippen LogP contribution in [0.4, 0.5) is 10.2 Å². The molecule has 2 aliphatic rings. The van der Waals surface area contributed by atoms with Gasteiger partial charge in [-0.15, -0.1) is 0 Å². The summed E-state index contributed by atoms with van der Waals surface area (Å²) in [7, 11) is 0. The Bertz CT molecular complexity index is 496. The van der Waals surface area contributed by atoms with Crippen LogP contribution in [0.1, 0.15) is 24.1 Å². The van der Waals surface area contributed by atoms with Crippen LogP contribution in [-0.2, 0) is 12.8 Å². The molecule has 2 aliphatic heterocycles. The van der Waals surface area contributed by atoms with E-state index < -0.39 is 5.67 Å². The van der Waals surface area contributed by atoms with E-state index in [0.29, 0.717) is 12.8 Å². The Kier molecular flexibility index (Phi) is 2.86. The molecule has 3 heterocycles. The molecule has 1 N–H and O–H groups in total. The number of rotatable bonds is 3. The summed E-state index contributed by atoms with van der Waals surface area (Å²) in [6.45, 7) is 0.978. The maximum atomic E-state index is 14.1. The fourth-order valence-electron chi connectivity index (χ4n) is 2.35. The van der Waals surface area contributed by atoms with Crippen molar-refractivity contribution in [2.45, 2.75) is 31.4 Å². The van der Waals surface area contributed by atoms with Crippen LogP contribution < -0.4 is 5.32 Å². The van der Waals surface area contributed by atoms with E-state index >= 15 is 0 Å². The van der Waals surface area contributed by atoms with Crippen LogP contribution in [0.25, 0.3) is 0 Å². The van der Waals surface area contributed by atoms with Crippen molar-refractivity contribution < 1.29 is 4.39 Å². The predicted octanol–water partition coefficient (Wildman–Crippen LogP) is 2.68. The summed E-state index contributed by atoms with van der Waals surface area (Å²) in [4.78, 5) is 8.36. The molecule has 1 atom stereocenters. The number of fused-ring (bicyclic) bond motifs is 1. The summed E-state index contributed by atoms with van der Waals surface area (Å²) in [5.74, 6) is 0.974. The van der Waals surface area contributed by atoms with Crippen LogP contribution in [0.15, 0.2) is 29.4 Å². The van der Waals surface area contributed by atoms with Crippen LogP contribution in [0, 0.1) is 0 Å². The van der Waals surface area contributed by atoms with Crippen molar-refractivity contribution in [2.24, 2.45) is 4.99 Å². The van der Waals surface area contributed by atoms with Gasteiger partial charge in [0, 0.05) is 24.7 Å². The summed E-state index contributed by atoms with van der Waals surface area (Å²) in [5, 5.41) is 3.30. The van der Waals surface area contributed by atoms with Gasteiger partial charge >= 0.3 is 0 Å². The average Bonchev–Trinajstić information content (AvgIpc) is 2.84. The SMILES string of the molecule is F[C@@]1(CCc2ccc3c(n2)NCCC3)C=CN=C1. The molecule has 4 heteroatoms. The van der Waals surface area contributed by atoms with Gasteiger partial charge in [-0.1, -0.05) is 6.07 Å². The summed E-state index contributed by atoms with van der Waals surface area (Å²) < 4.78 is 14.1. The molecule has 0 saturated carbocycles. The van der Waals surface area contributed by atoms with Gasteiger partial charge in [0.25, 0.3) is 0 Å². The predicted molar refractivity (Wildman–Crippen MR) is 70.8 cm³/mol. The van der Waals surface area contributed by atoms with E-state index in [-0.39, 0.29) is 0 Å². The van der Waals surface area contributed by atoms with Crippen molar-refractivity contribution in [1.82, 2.24) is 4.98 Å². The van der Waals surface area contributed by atoms with E-state index in [0.717, 1.165) is 30.9 Å². The number of aliphatic imine (C=N–C) groups is 1. The first kappa shape index (κ1) is 11.4. The highest BCUT2D eigenvalue weighted by atomic mass is 19.1. The van der Waals surface area contributed by atoms with Gasteiger partial charge < -0.3 is 5.32 Å². The number of nitrogens with one attached hydrogen (secondary N) is 1. The first-order chi connectivity index (χ1) is 8.75. The lowest BCUT2D eigenvalue weighted by Gasteiger charge is -2.18. The molecule has 0 aliphatic carbocycles. The maximum Gasteiger partial charge on any atom is 0.166 e. The highest BCUT2D eigenvalue weighted by Crippen LogP contribution is 2.24. The summed E-state index contributed by atoms with van der Waals surface area (Å²) in [6, 6.07) is 4.11. The van der Waals surface area contributed by atoms with Gasteiger partial charge in [-0.25, -0.2) is 9.37 Å². The average molecular weight is 245 g/mol. The van der Waals surface area contributed by atoms with Gasteiger partial charge in [-0.2, -0.15) is 0 Å². The minimum absolute atomic E-state index is 0.402. The zero-order valence-electron chi connectivity index (χ0n) is 10.2. The minimum Gasteiger partial charge on any atom is -0.370 e. The summed E-state index contributed by atoms with van der Waals surface area (Å²) in [5.41, 5.74) is 0.821. The van der Waals surface area contributed by atoms with Crippen LogP contribution in [0.2, 0.25) is 0 Å². The third-order valence-corrected chi connectivity index (χ3v) is 3.44. The molecular formula is C14H16FN3. The topological polar surface area (TPSA) is 37.3 Å². The number of aromatic nitrogens is 1. The molecule has 0 saturated heterocycles. The van der Waals surface area contributed by atoms with Crippen molar-refractivity contribution in [1.29, 1.82) is 0 Å². The molecule has 3 rings (SSSR count). The van der Waals surface area contributed by atoms with Gasteiger partial charge in [-0.05, 0) is 43.4 Å². The monoisotopic (exact) mass is 245 g/mol. The van der Waals surface area contributed by atoms with Crippen LogP contribution in [-0.4, -0.2) is 23.4 Å². The van der Waals surface area contributed by atoms with Crippen molar-refractivity contribution in [2.75, 3.05) is 11.9 Å². The number of aryl methyl sites for hydroxylation is 2. The number of alkyl halides is 1. The molecule has 0 spiro atoms. The first-order valence-electron chi connectivity index (χ1n) is 6.39. The Hall–Kier alpha value is -1.71. The third-order valence-electron chi connectivity index (χ3n) is 3.44. The van der Waals surface area contributed by atoms with Crippen LogP contribution >= 0.6 is 0 Å². The number of nitrogens with zero attached hydrogens (tertiary/aromatic N) is 2. The molecular weight excluding hydrogens is 229 g/mol. The van der Waals surface area contributed by atoms with Crippen molar-refractivity contribution in [3.05, 3.63) is 35.7 Å². The second-order valence-corrected chi connectivity index (χ2v) is 4.86. The molecule has 94 valence electrons. The van der Waals surface area contributed by atoms with Crippen LogP contribution in [0.3, 0.4) is 0 Å². The second-order valence-electron chi connectivity index (χ2n) is 4.86. The van der Waals surface area contributed by atoms with Crippen molar-refractivity contribution in [3.63, 3.8) is 0 Å². The molecule has 0 amide bonds. The molecule has 0 radical (unpaired) electrons. The number of halogens is 1. The molecule has 0 bridgehead atoms. The second kappa shape index (κ2) is 4.52. The normalized spacial score (nSPS) is 24.9. The van der Waals surface area contributed by atoms with E-state index in [1.54, 1.807) is 0 Å². The number of hydrogen-bond acceptors (Lipinski definition) is 3. The highest BCUT2D eigenvalue weighted by molar-refractivity contribution is 5.75. The molecule has 0 aromatic carbocycles. The van der Waals surface area contributed by atoms with Gasteiger partial charge in [0.2, 0.25) is 0 Å². The zero-order valence-corrected chi connectivity index (χ0v) is 10.2. The Balaban J connectivity index is 1.70. The van der Waals surface area contributed by atoms with E-state index in [2.05, 4.69) is 21.4 Å². The Morgan fingerprint density at radius 2 is 2.33 bits per heavy atom. The number of pyridine rings is 1. The lowest BCUT2D eigenvalue weighted by molar-refractivity contribution is 0.314. The van der Waals surface area contributed by atoms with E-state index in [1.165, 1.54) is 24.1 Å². The number of hydrogen-bond donors (Lipinski definition) is 1. The molecule has 3 nitrogen and oxygen atoms in total. The van der Waals surface area contributed by atoms with Gasteiger partial charge in [-0.3, -0.25) is 4.99 Å². The smallest absolute Gasteiger partial charge is 0.166 e. The van der Waals surface area contributed by atoms with Gasteiger partial charge in [0.1, 0.15) is 5.82 Å². The molecule has 1 aromatic heterocycles. The van der Waals surface area contributed by atoms with Gasteiger partial charge in [0.05, 0.1) is 0 Å². The minimum atomic E-state index is -1.38. The van der Waals surface area contributed by atoms with Crippen molar-refractivity contribution >= 4 is 12.0 Å². The lowest BCUT2D eigenvalue weighted by Crippen LogP contribution is -2.21. The van der Waals surface area contributed by atoms with E-state index in [9.17, 15) is 4.39 Å². The first-order valence-corrected chi connectivity index (χ1v) is 6.39. The highest BCUT2D eigenvalue weighted by Gasteiger charge is 2.26. The van der Waals surface area contributed by atoms with E-state index in [4.69, 9.17) is 0 Å². The fraction of sp³-hybridized carbons (Fsp3) is 0.429.